The first-order valence-corrected chi connectivity index (χ1v) is 5.62. The van der Waals surface area contributed by atoms with E-state index in [1.165, 1.54) is 12.1 Å². The van der Waals surface area contributed by atoms with Gasteiger partial charge >= 0.3 is 0 Å². The van der Waals surface area contributed by atoms with Crippen LogP contribution in [-0.2, 0) is 16.4 Å². The van der Waals surface area contributed by atoms with Crippen LogP contribution in [0.4, 0.5) is 4.39 Å². The molecule has 1 aromatic rings. The summed E-state index contributed by atoms with van der Waals surface area (Å²) in [5.41, 5.74) is 0.949. The molecule has 12 heavy (non-hydrogen) atoms. The van der Waals surface area contributed by atoms with Crippen molar-refractivity contribution in [2.45, 2.75) is 6.42 Å². The van der Waals surface area contributed by atoms with Gasteiger partial charge in [0.1, 0.15) is 15.8 Å². The van der Waals surface area contributed by atoms with Crippen molar-refractivity contribution in [2.24, 2.45) is 0 Å². The minimum absolute atomic E-state index is 0.259. The second kappa shape index (κ2) is 4.58. The average molecular weight is 207 g/mol. The van der Waals surface area contributed by atoms with Crippen LogP contribution in [0, 0.1) is 5.82 Å². The minimum atomic E-state index is -1.29. The summed E-state index contributed by atoms with van der Waals surface area (Å²) >= 11 is 0. The molecule has 1 unspecified atom stereocenters. The van der Waals surface area contributed by atoms with Gasteiger partial charge in [0, 0.05) is 5.75 Å². The maximum Gasteiger partial charge on any atom is 0.123 e. The van der Waals surface area contributed by atoms with Crippen LogP contribution < -0.4 is 0 Å². The highest BCUT2D eigenvalue weighted by Crippen LogP contribution is 2.04. The monoisotopic (exact) mass is 206 g/mol. The maximum absolute atomic E-state index is 12.4. The Kier molecular flexibility index (Phi) is 3.69. The molecule has 0 aliphatic heterocycles. The molecule has 0 radical (unpaired) electrons. The summed E-state index contributed by atoms with van der Waals surface area (Å²) in [6.07, 6.45) is 0.621. The van der Waals surface area contributed by atoms with Crippen molar-refractivity contribution in [1.82, 2.24) is 0 Å². The zero-order chi connectivity index (χ0) is 8.97. The molecule has 0 spiro atoms. The van der Waals surface area contributed by atoms with E-state index in [2.05, 4.69) is 0 Å². The minimum Gasteiger partial charge on any atom is -0.243 e. The highest BCUT2D eigenvalue weighted by Gasteiger charge is 1.96. The predicted molar refractivity (Wildman–Crippen MR) is 49.0 cm³/mol. The third-order valence-corrected chi connectivity index (χ3v) is 2.45. The van der Waals surface area contributed by atoms with Crippen molar-refractivity contribution in [2.75, 3.05) is 5.75 Å². The molecule has 0 bridgehead atoms. The fraction of sp³-hybridized carbons (Fsp3) is 0.250. The third kappa shape index (κ3) is 3.32. The Morgan fingerprint density at radius 1 is 1.33 bits per heavy atom. The first kappa shape index (κ1) is 9.68. The summed E-state index contributed by atoms with van der Waals surface area (Å²) in [7, 11) is 3.96. The van der Waals surface area contributed by atoms with Gasteiger partial charge in [0.25, 0.3) is 0 Å². The molecule has 1 nitrogen and oxygen atoms in total. The van der Waals surface area contributed by atoms with Crippen molar-refractivity contribution in [3.8, 4) is 0 Å². The molecule has 0 aliphatic carbocycles. The smallest absolute Gasteiger partial charge is 0.123 e. The fourth-order valence-corrected chi connectivity index (χ4v) is 1.48. The SMILES string of the molecule is O=S(Cl)CCc1ccc(F)cc1. The van der Waals surface area contributed by atoms with Gasteiger partial charge in [0.15, 0.2) is 0 Å². The van der Waals surface area contributed by atoms with Crippen LogP contribution in [-0.4, -0.2) is 9.96 Å². The van der Waals surface area contributed by atoms with Gasteiger partial charge < -0.3 is 0 Å². The van der Waals surface area contributed by atoms with E-state index in [1.807, 2.05) is 0 Å². The second-order valence-corrected chi connectivity index (χ2v) is 4.39. The Hall–Kier alpha value is -0.410. The normalized spacial score (nSPS) is 12.8. The summed E-state index contributed by atoms with van der Waals surface area (Å²) in [6.45, 7) is 0. The highest BCUT2D eigenvalue weighted by atomic mass is 35.7. The molecule has 0 heterocycles. The zero-order valence-electron chi connectivity index (χ0n) is 6.30. The van der Waals surface area contributed by atoms with Crippen LogP contribution in [0.3, 0.4) is 0 Å². The number of hydrogen-bond acceptors (Lipinski definition) is 1. The van der Waals surface area contributed by atoms with Gasteiger partial charge in [-0.15, -0.1) is 0 Å². The zero-order valence-corrected chi connectivity index (χ0v) is 7.87. The Morgan fingerprint density at radius 3 is 2.42 bits per heavy atom. The van der Waals surface area contributed by atoms with E-state index in [-0.39, 0.29) is 5.82 Å². The highest BCUT2D eigenvalue weighted by molar-refractivity contribution is 8.08. The van der Waals surface area contributed by atoms with E-state index in [9.17, 15) is 8.60 Å². The number of aryl methyl sites for hydroxylation is 1. The molecule has 0 amide bonds. The molecule has 1 rings (SSSR count). The molecular formula is C8H8ClFOS. The average Bonchev–Trinajstić information content (AvgIpc) is 2.03. The topological polar surface area (TPSA) is 17.1 Å². The summed E-state index contributed by atoms with van der Waals surface area (Å²) in [5.74, 6) is 0.151. The van der Waals surface area contributed by atoms with Crippen molar-refractivity contribution in [3.05, 3.63) is 35.6 Å². The molecule has 1 atom stereocenters. The van der Waals surface area contributed by atoms with Crippen LogP contribution in [0.15, 0.2) is 24.3 Å². The standard InChI is InChI=1S/C8H8ClFOS/c9-12(11)6-5-7-1-3-8(10)4-2-7/h1-4H,5-6H2. The molecule has 0 aromatic heterocycles. The number of hydrogen-bond donors (Lipinski definition) is 0. The van der Waals surface area contributed by atoms with Gasteiger partial charge in [0.2, 0.25) is 0 Å². The van der Waals surface area contributed by atoms with Crippen LogP contribution >= 0.6 is 10.7 Å². The van der Waals surface area contributed by atoms with Gasteiger partial charge in [0.05, 0.1) is 0 Å². The van der Waals surface area contributed by atoms with Crippen LogP contribution in [0.25, 0.3) is 0 Å². The quantitative estimate of drug-likeness (QED) is 0.694. The van der Waals surface area contributed by atoms with Crippen molar-refractivity contribution >= 4 is 20.7 Å². The van der Waals surface area contributed by atoms with Gasteiger partial charge in [-0.25, -0.2) is 8.60 Å². The molecule has 0 saturated heterocycles. The second-order valence-electron chi connectivity index (χ2n) is 2.37. The number of halogens is 2. The summed E-state index contributed by atoms with van der Waals surface area (Å²) in [6, 6.07) is 6.09. The Morgan fingerprint density at radius 2 is 1.92 bits per heavy atom. The van der Waals surface area contributed by atoms with E-state index >= 15 is 0 Å². The summed E-state index contributed by atoms with van der Waals surface area (Å²) < 4.78 is 22.9. The lowest BCUT2D eigenvalue weighted by molar-refractivity contribution is 0.627. The van der Waals surface area contributed by atoms with Gasteiger partial charge in [-0.3, -0.25) is 0 Å². The van der Waals surface area contributed by atoms with Crippen LogP contribution in [0.1, 0.15) is 5.56 Å². The molecule has 4 heteroatoms. The van der Waals surface area contributed by atoms with E-state index in [4.69, 9.17) is 10.7 Å². The van der Waals surface area contributed by atoms with E-state index < -0.39 is 10.0 Å². The van der Waals surface area contributed by atoms with Gasteiger partial charge in [-0.1, -0.05) is 12.1 Å². The molecule has 66 valence electrons. The Labute approximate surface area is 77.5 Å². The van der Waals surface area contributed by atoms with Gasteiger partial charge in [-0.2, -0.15) is 0 Å². The fourth-order valence-electron chi connectivity index (χ4n) is 0.849. The third-order valence-electron chi connectivity index (χ3n) is 1.46. The molecule has 1 aromatic carbocycles. The van der Waals surface area contributed by atoms with Crippen molar-refractivity contribution in [1.29, 1.82) is 0 Å². The molecule has 0 saturated carbocycles. The van der Waals surface area contributed by atoms with Crippen molar-refractivity contribution in [3.63, 3.8) is 0 Å². The van der Waals surface area contributed by atoms with Gasteiger partial charge in [-0.05, 0) is 34.8 Å². The Balaban J connectivity index is 2.53. The molecule has 0 fully saturated rings. The molecule has 0 N–H and O–H groups in total. The predicted octanol–water partition coefficient (Wildman–Crippen LogP) is 2.27. The first-order valence-electron chi connectivity index (χ1n) is 3.47. The number of rotatable bonds is 3. The maximum atomic E-state index is 12.4. The summed E-state index contributed by atoms with van der Waals surface area (Å²) in [4.78, 5) is 0. The molecular weight excluding hydrogens is 199 g/mol. The summed E-state index contributed by atoms with van der Waals surface area (Å²) in [5, 5.41) is 0. The van der Waals surface area contributed by atoms with Crippen LogP contribution in [0.5, 0.6) is 0 Å². The lowest BCUT2D eigenvalue weighted by atomic mass is 10.2. The van der Waals surface area contributed by atoms with E-state index in [0.717, 1.165) is 5.56 Å². The molecule has 0 aliphatic rings. The van der Waals surface area contributed by atoms with E-state index in [0.29, 0.717) is 12.2 Å². The van der Waals surface area contributed by atoms with Crippen molar-refractivity contribution < 1.29 is 8.60 Å². The van der Waals surface area contributed by atoms with Crippen LogP contribution in [0.2, 0.25) is 0 Å². The lowest BCUT2D eigenvalue weighted by Crippen LogP contribution is -1.94. The Bertz CT molecular complexity index is 273. The first-order chi connectivity index (χ1) is 5.68. The lowest BCUT2D eigenvalue weighted by Gasteiger charge is -1.96. The number of benzene rings is 1. The largest absolute Gasteiger partial charge is 0.243 e. The van der Waals surface area contributed by atoms with E-state index in [1.54, 1.807) is 12.1 Å².